The van der Waals surface area contributed by atoms with Crippen molar-refractivity contribution in [3.05, 3.63) is 33.6 Å². The molecule has 4 rings (SSSR count). The lowest BCUT2D eigenvalue weighted by molar-refractivity contribution is 0.0794. The quantitative estimate of drug-likeness (QED) is 0.679. The number of fused-ring (bicyclic) bond motifs is 1. The number of rotatable bonds is 3. The van der Waals surface area contributed by atoms with Gasteiger partial charge in [0.05, 0.1) is 22.8 Å². The summed E-state index contributed by atoms with van der Waals surface area (Å²) in [6.45, 7) is 10.1. The number of carbonyl (C=O) groups excluding carboxylic acids is 1. The van der Waals surface area contributed by atoms with E-state index in [4.69, 9.17) is 4.98 Å². The summed E-state index contributed by atoms with van der Waals surface area (Å²) in [5.74, 6) is 0.101. The van der Waals surface area contributed by atoms with E-state index in [2.05, 4.69) is 38.9 Å². The lowest BCUT2D eigenvalue weighted by Gasteiger charge is -2.17. The molecule has 5 nitrogen and oxygen atoms in total. The fraction of sp³-hybridized carbons (Fsp3) is 0.450. The molecule has 0 saturated carbocycles. The van der Waals surface area contributed by atoms with Crippen LogP contribution in [-0.4, -0.2) is 38.7 Å². The normalized spacial score (nSPS) is 14.7. The summed E-state index contributed by atoms with van der Waals surface area (Å²) >= 11 is 1.76. The van der Waals surface area contributed by atoms with E-state index in [1.165, 1.54) is 9.75 Å². The standard InChI is InChI=1S/C20H24N4OS/c1-12(2)24-19-17(11-21-24)16(20(25)23-7-5-6-8-23)10-18(22-19)15-9-13(3)26-14(15)4/h9-12H,5-8H2,1-4H3. The minimum absolute atomic E-state index is 0.101. The molecule has 3 aromatic heterocycles. The van der Waals surface area contributed by atoms with E-state index in [-0.39, 0.29) is 11.9 Å². The van der Waals surface area contributed by atoms with Gasteiger partial charge in [-0.25, -0.2) is 9.67 Å². The summed E-state index contributed by atoms with van der Waals surface area (Å²) in [6, 6.07) is 4.31. The molecule has 1 fully saturated rings. The van der Waals surface area contributed by atoms with Crippen LogP contribution in [0, 0.1) is 13.8 Å². The second-order valence-electron chi connectivity index (χ2n) is 7.30. The van der Waals surface area contributed by atoms with Crippen LogP contribution in [0.15, 0.2) is 18.3 Å². The van der Waals surface area contributed by atoms with Gasteiger partial charge in [-0.05, 0) is 52.7 Å². The number of likely N-dealkylation sites (tertiary alicyclic amines) is 1. The van der Waals surface area contributed by atoms with Crippen LogP contribution in [-0.2, 0) is 0 Å². The van der Waals surface area contributed by atoms with Crippen molar-refractivity contribution in [2.24, 2.45) is 0 Å². The van der Waals surface area contributed by atoms with E-state index in [1.807, 2.05) is 15.6 Å². The third-order valence-corrected chi connectivity index (χ3v) is 5.96. The van der Waals surface area contributed by atoms with Crippen LogP contribution in [0.4, 0.5) is 0 Å². The minimum atomic E-state index is 0.101. The highest BCUT2D eigenvalue weighted by Crippen LogP contribution is 2.33. The lowest BCUT2D eigenvalue weighted by atomic mass is 10.1. The highest BCUT2D eigenvalue weighted by atomic mass is 32.1. The molecule has 1 aliphatic heterocycles. The van der Waals surface area contributed by atoms with Crippen molar-refractivity contribution < 1.29 is 4.79 Å². The molecule has 0 atom stereocenters. The Bertz CT molecular complexity index is 979. The van der Waals surface area contributed by atoms with E-state index < -0.39 is 0 Å². The van der Waals surface area contributed by atoms with E-state index in [0.29, 0.717) is 0 Å². The first-order valence-electron chi connectivity index (χ1n) is 9.20. The van der Waals surface area contributed by atoms with Crippen LogP contribution in [0.1, 0.15) is 52.8 Å². The molecule has 26 heavy (non-hydrogen) atoms. The summed E-state index contributed by atoms with van der Waals surface area (Å²) in [7, 11) is 0. The van der Waals surface area contributed by atoms with Crippen molar-refractivity contribution >= 4 is 28.3 Å². The molecule has 3 aromatic rings. The van der Waals surface area contributed by atoms with Gasteiger partial charge in [-0.3, -0.25) is 4.79 Å². The van der Waals surface area contributed by atoms with Gasteiger partial charge in [0.25, 0.3) is 5.91 Å². The van der Waals surface area contributed by atoms with Crippen LogP contribution in [0.3, 0.4) is 0 Å². The van der Waals surface area contributed by atoms with Crippen LogP contribution in [0.25, 0.3) is 22.3 Å². The first-order chi connectivity index (χ1) is 12.5. The third kappa shape index (κ3) is 2.82. The predicted octanol–water partition coefficient (Wildman–Crippen LogP) is 4.59. The number of aryl methyl sites for hydroxylation is 2. The van der Waals surface area contributed by atoms with Crippen LogP contribution in [0.5, 0.6) is 0 Å². The molecule has 0 aliphatic carbocycles. The first kappa shape index (κ1) is 17.2. The summed E-state index contributed by atoms with van der Waals surface area (Å²) in [4.78, 5) is 22.5. The molecular formula is C20H24N4OS. The lowest BCUT2D eigenvalue weighted by Crippen LogP contribution is -2.27. The molecule has 1 aliphatic rings. The Balaban J connectivity index is 1.94. The topological polar surface area (TPSA) is 51.0 Å². The number of hydrogen-bond donors (Lipinski definition) is 0. The van der Waals surface area contributed by atoms with E-state index in [9.17, 15) is 4.79 Å². The monoisotopic (exact) mass is 368 g/mol. The van der Waals surface area contributed by atoms with Crippen molar-refractivity contribution in [1.29, 1.82) is 0 Å². The molecule has 0 spiro atoms. The molecular weight excluding hydrogens is 344 g/mol. The number of carbonyl (C=O) groups is 1. The van der Waals surface area contributed by atoms with Crippen LogP contribution < -0.4 is 0 Å². The molecule has 0 aromatic carbocycles. The molecule has 0 unspecified atom stereocenters. The van der Waals surface area contributed by atoms with Crippen molar-refractivity contribution in [2.45, 2.75) is 46.6 Å². The Morgan fingerprint density at radius 2 is 1.92 bits per heavy atom. The van der Waals surface area contributed by atoms with Crippen LogP contribution in [0.2, 0.25) is 0 Å². The summed E-state index contributed by atoms with van der Waals surface area (Å²) < 4.78 is 1.91. The molecule has 0 radical (unpaired) electrons. The van der Waals surface area contributed by atoms with Crippen LogP contribution >= 0.6 is 11.3 Å². The van der Waals surface area contributed by atoms with Gasteiger partial charge in [0.2, 0.25) is 0 Å². The average Bonchev–Trinajstić information content (AvgIpc) is 3.32. The average molecular weight is 369 g/mol. The number of hydrogen-bond acceptors (Lipinski definition) is 4. The van der Waals surface area contributed by atoms with Gasteiger partial charge in [0.1, 0.15) is 0 Å². The molecule has 0 N–H and O–H groups in total. The minimum Gasteiger partial charge on any atom is -0.339 e. The summed E-state index contributed by atoms with van der Waals surface area (Å²) in [6.07, 6.45) is 3.96. The number of aromatic nitrogens is 3. The Kier molecular flexibility index (Phi) is 4.31. The highest BCUT2D eigenvalue weighted by molar-refractivity contribution is 7.12. The van der Waals surface area contributed by atoms with Gasteiger partial charge in [0, 0.05) is 34.4 Å². The molecule has 1 amide bonds. The fourth-order valence-electron chi connectivity index (χ4n) is 3.69. The highest BCUT2D eigenvalue weighted by Gasteiger charge is 2.25. The van der Waals surface area contributed by atoms with E-state index in [0.717, 1.165) is 53.8 Å². The third-order valence-electron chi connectivity index (χ3n) is 5.00. The summed E-state index contributed by atoms with van der Waals surface area (Å²) in [5.41, 5.74) is 3.50. The molecule has 4 heterocycles. The molecule has 0 bridgehead atoms. The smallest absolute Gasteiger partial charge is 0.254 e. The van der Waals surface area contributed by atoms with Crippen molar-refractivity contribution in [3.8, 4) is 11.3 Å². The Morgan fingerprint density at radius 1 is 1.19 bits per heavy atom. The zero-order valence-electron chi connectivity index (χ0n) is 15.7. The largest absolute Gasteiger partial charge is 0.339 e. The first-order valence-corrected chi connectivity index (χ1v) is 10.0. The van der Waals surface area contributed by atoms with Gasteiger partial charge in [0.15, 0.2) is 5.65 Å². The van der Waals surface area contributed by atoms with E-state index in [1.54, 1.807) is 17.5 Å². The van der Waals surface area contributed by atoms with Gasteiger partial charge < -0.3 is 4.90 Å². The van der Waals surface area contributed by atoms with Gasteiger partial charge in [-0.15, -0.1) is 11.3 Å². The molecule has 1 saturated heterocycles. The Hall–Kier alpha value is -2.21. The molecule has 136 valence electrons. The maximum Gasteiger partial charge on any atom is 0.254 e. The Morgan fingerprint density at radius 3 is 2.54 bits per heavy atom. The molecule has 6 heteroatoms. The van der Waals surface area contributed by atoms with Crippen molar-refractivity contribution in [3.63, 3.8) is 0 Å². The SMILES string of the molecule is Cc1cc(-c2cc(C(=O)N3CCCC3)c3cnn(C(C)C)c3n2)c(C)s1. The van der Waals surface area contributed by atoms with Gasteiger partial charge in [-0.1, -0.05) is 0 Å². The van der Waals surface area contributed by atoms with Gasteiger partial charge in [-0.2, -0.15) is 5.10 Å². The summed E-state index contributed by atoms with van der Waals surface area (Å²) in [5, 5.41) is 5.36. The number of thiophene rings is 1. The fourth-order valence-corrected chi connectivity index (χ4v) is 4.62. The number of nitrogens with zero attached hydrogens (tertiary/aromatic N) is 4. The number of pyridine rings is 1. The van der Waals surface area contributed by atoms with Gasteiger partial charge >= 0.3 is 0 Å². The number of amides is 1. The Labute approximate surface area is 157 Å². The maximum atomic E-state index is 13.2. The maximum absolute atomic E-state index is 13.2. The van der Waals surface area contributed by atoms with Crippen molar-refractivity contribution in [1.82, 2.24) is 19.7 Å². The van der Waals surface area contributed by atoms with E-state index >= 15 is 0 Å². The second-order valence-corrected chi connectivity index (χ2v) is 8.76. The van der Waals surface area contributed by atoms with Crippen molar-refractivity contribution in [2.75, 3.05) is 13.1 Å². The predicted molar refractivity (Wildman–Crippen MR) is 106 cm³/mol. The zero-order chi connectivity index (χ0) is 18.4. The zero-order valence-corrected chi connectivity index (χ0v) is 16.6. The second kappa shape index (κ2) is 6.50.